The fourth-order valence-electron chi connectivity index (χ4n) is 4.05. The summed E-state index contributed by atoms with van der Waals surface area (Å²) in [6.45, 7) is 9.92. The molecule has 2 heterocycles. The Hall–Kier alpha value is -4.11. The van der Waals surface area contributed by atoms with Crippen molar-refractivity contribution in [2.45, 2.75) is 26.8 Å². The first-order valence-corrected chi connectivity index (χ1v) is 12.7. The zero-order valence-corrected chi connectivity index (χ0v) is 21.7. The van der Waals surface area contributed by atoms with Crippen molar-refractivity contribution in [3.8, 4) is 17.2 Å². The zero-order valence-electron chi connectivity index (χ0n) is 20.9. The first kappa shape index (κ1) is 26.0. The Bertz CT molecular complexity index is 1530. The number of hydrogen-bond acceptors (Lipinski definition) is 8. The molecule has 0 amide bonds. The average Bonchev–Trinajstić information content (AvgIpc) is 3.18. The number of phenolic OH excluding ortho intramolecular Hbond substituents is 1. The van der Waals surface area contributed by atoms with E-state index in [1.54, 1.807) is 50.3 Å². The Morgan fingerprint density at radius 1 is 1.16 bits per heavy atom. The maximum Gasteiger partial charge on any atom is 0.338 e. The van der Waals surface area contributed by atoms with Gasteiger partial charge in [-0.15, -0.1) is 0 Å². The van der Waals surface area contributed by atoms with Crippen molar-refractivity contribution in [2.24, 2.45) is 4.99 Å². The van der Waals surface area contributed by atoms with Gasteiger partial charge in [-0.25, -0.2) is 9.79 Å². The van der Waals surface area contributed by atoms with E-state index in [1.807, 2.05) is 19.1 Å². The summed E-state index contributed by atoms with van der Waals surface area (Å²) in [7, 11) is 0. The number of aromatic nitrogens is 1. The van der Waals surface area contributed by atoms with Crippen LogP contribution in [0.2, 0.25) is 0 Å². The Labute approximate surface area is 218 Å². The van der Waals surface area contributed by atoms with Crippen molar-refractivity contribution in [1.82, 2.24) is 4.57 Å². The molecule has 4 rings (SSSR count). The lowest BCUT2D eigenvalue weighted by molar-refractivity contribution is -0.139. The normalized spacial score (nSPS) is 15.1. The van der Waals surface area contributed by atoms with Crippen LogP contribution in [0.1, 0.15) is 37.9 Å². The number of allylic oxidation sites excluding steroid dienone is 1. The third-order valence-corrected chi connectivity index (χ3v) is 6.65. The van der Waals surface area contributed by atoms with Gasteiger partial charge in [-0.1, -0.05) is 42.2 Å². The van der Waals surface area contributed by atoms with Crippen LogP contribution in [-0.2, 0) is 9.53 Å². The fourth-order valence-corrected chi connectivity index (χ4v) is 5.10. The molecule has 2 aromatic carbocycles. The number of thiazole rings is 1. The van der Waals surface area contributed by atoms with Crippen LogP contribution in [-0.4, -0.2) is 35.5 Å². The molecule has 0 bridgehead atoms. The average molecular weight is 521 g/mol. The van der Waals surface area contributed by atoms with Crippen LogP contribution in [0.15, 0.2) is 76.2 Å². The van der Waals surface area contributed by atoms with Gasteiger partial charge in [-0.2, -0.15) is 0 Å². The lowest BCUT2D eigenvalue weighted by atomic mass is 9.96. The van der Waals surface area contributed by atoms with E-state index >= 15 is 0 Å². The number of nitrogens with zero attached hydrogens (tertiary/aromatic N) is 2. The number of fused-ring (bicyclic) bond motifs is 1. The number of phenols is 1. The molecule has 0 saturated heterocycles. The highest BCUT2D eigenvalue weighted by Gasteiger charge is 2.33. The smallest absolute Gasteiger partial charge is 0.338 e. The molecule has 192 valence electrons. The largest absolute Gasteiger partial charge is 0.504 e. The molecule has 0 unspecified atom stereocenters. The van der Waals surface area contributed by atoms with Gasteiger partial charge in [-0.3, -0.25) is 9.36 Å². The molecular weight excluding hydrogens is 492 g/mol. The molecule has 1 aromatic heterocycles. The number of aromatic hydroxyl groups is 1. The SMILES string of the molecule is C=CCOc1ccc([C@H]2C(C(=O)OCC)=C(C)N=c3s/c(=C\c4ccc(O)c(OCC)c4)c(=O)n32)cc1. The molecule has 37 heavy (non-hydrogen) atoms. The van der Waals surface area contributed by atoms with Gasteiger partial charge in [0.05, 0.1) is 35.1 Å². The summed E-state index contributed by atoms with van der Waals surface area (Å²) in [5.41, 5.74) is 1.92. The summed E-state index contributed by atoms with van der Waals surface area (Å²) < 4.78 is 18.4. The van der Waals surface area contributed by atoms with E-state index in [-0.39, 0.29) is 17.9 Å². The van der Waals surface area contributed by atoms with E-state index < -0.39 is 12.0 Å². The van der Waals surface area contributed by atoms with Crippen LogP contribution >= 0.6 is 11.3 Å². The van der Waals surface area contributed by atoms with Crippen LogP contribution in [0.25, 0.3) is 6.08 Å². The molecule has 0 aliphatic carbocycles. The predicted octanol–water partition coefficient (Wildman–Crippen LogP) is 3.47. The van der Waals surface area contributed by atoms with E-state index in [1.165, 1.54) is 22.0 Å². The molecule has 1 atom stereocenters. The minimum atomic E-state index is -0.718. The fraction of sp³-hybridized carbons (Fsp3) is 0.250. The van der Waals surface area contributed by atoms with Crippen molar-refractivity contribution in [2.75, 3.05) is 19.8 Å². The monoisotopic (exact) mass is 520 g/mol. The number of carbonyl (C=O) groups excluding carboxylic acids is 1. The summed E-state index contributed by atoms with van der Waals surface area (Å²) in [6.07, 6.45) is 3.38. The van der Waals surface area contributed by atoms with Gasteiger partial charge in [0, 0.05) is 0 Å². The molecule has 1 N–H and O–H groups in total. The summed E-state index contributed by atoms with van der Waals surface area (Å²) >= 11 is 1.23. The molecule has 9 heteroatoms. The molecule has 8 nitrogen and oxygen atoms in total. The van der Waals surface area contributed by atoms with Gasteiger partial charge in [0.1, 0.15) is 12.4 Å². The number of esters is 1. The topological polar surface area (TPSA) is 99.4 Å². The van der Waals surface area contributed by atoms with Crippen LogP contribution < -0.4 is 24.4 Å². The van der Waals surface area contributed by atoms with Crippen molar-refractivity contribution in [1.29, 1.82) is 0 Å². The van der Waals surface area contributed by atoms with Gasteiger partial charge in [0.15, 0.2) is 16.3 Å². The van der Waals surface area contributed by atoms with E-state index in [2.05, 4.69) is 11.6 Å². The molecule has 1 aliphatic heterocycles. The maximum absolute atomic E-state index is 13.7. The van der Waals surface area contributed by atoms with Crippen molar-refractivity contribution in [3.63, 3.8) is 0 Å². The molecule has 0 radical (unpaired) electrons. The minimum absolute atomic E-state index is 0.0238. The van der Waals surface area contributed by atoms with Gasteiger partial charge in [-0.05, 0) is 62.2 Å². The Morgan fingerprint density at radius 2 is 1.92 bits per heavy atom. The second-order valence-corrected chi connectivity index (χ2v) is 9.14. The molecule has 3 aromatic rings. The standard InChI is InChI=1S/C28H28N2O6S/c1-5-14-36-20-11-9-19(10-12-20)25-24(27(33)35-7-3)17(4)29-28-30(25)26(32)23(37-28)16-18-8-13-21(31)22(15-18)34-6-2/h5,8-13,15-16,25,31H,1,6-7,14H2,2-4H3/b23-16-/t25-/m0/s1. The molecule has 0 spiro atoms. The van der Waals surface area contributed by atoms with Gasteiger partial charge in [0.2, 0.25) is 0 Å². The van der Waals surface area contributed by atoms with Crippen LogP contribution in [0.4, 0.5) is 0 Å². The highest BCUT2D eigenvalue weighted by Crippen LogP contribution is 2.32. The van der Waals surface area contributed by atoms with E-state index in [0.717, 1.165) is 5.56 Å². The lowest BCUT2D eigenvalue weighted by Crippen LogP contribution is -2.39. The summed E-state index contributed by atoms with van der Waals surface area (Å²) in [6, 6.07) is 11.4. The zero-order chi connectivity index (χ0) is 26.5. The van der Waals surface area contributed by atoms with E-state index in [0.29, 0.717) is 50.9 Å². The van der Waals surface area contributed by atoms with Crippen molar-refractivity contribution >= 4 is 23.4 Å². The maximum atomic E-state index is 13.7. The summed E-state index contributed by atoms with van der Waals surface area (Å²) in [5.74, 6) is 0.485. The van der Waals surface area contributed by atoms with Crippen molar-refractivity contribution in [3.05, 3.63) is 97.2 Å². The summed E-state index contributed by atoms with van der Waals surface area (Å²) in [5, 5.41) is 10.0. The number of hydrogen-bond donors (Lipinski definition) is 1. The quantitative estimate of drug-likeness (QED) is 0.343. The van der Waals surface area contributed by atoms with Crippen LogP contribution in [0.3, 0.4) is 0 Å². The van der Waals surface area contributed by atoms with Gasteiger partial charge >= 0.3 is 5.97 Å². The number of benzene rings is 2. The highest BCUT2D eigenvalue weighted by atomic mass is 32.1. The third kappa shape index (κ3) is 5.36. The van der Waals surface area contributed by atoms with E-state index in [9.17, 15) is 14.7 Å². The second kappa shape index (κ2) is 11.3. The lowest BCUT2D eigenvalue weighted by Gasteiger charge is -2.24. The Kier molecular flexibility index (Phi) is 7.93. The minimum Gasteiger partial charge on any atom is -0.504 e. The molecular formula is C28H28N2O6S. The second-order valence-electron chi connectivity index (χ2n) is 8.13. The predicted molar refractivity (Wildman–Crippen MR) is 142 cm³/mol. The Balaban J connectivity index is 1.87. The summed E-state index contributed by atoms with van der Waals surface area (Å²) in [4.78, 5) is 31.8. The highest BCUT2D eigenvalue weighted by molar-refractivity contribution is 7.07. The number of ether oxygens (including phenoxy) is 3. The molecule has 0 saturated carbocycles. The van der Waals surface area contributed by atoms with E-state index in [4.69, 9.17) is 14.2 Å². The first-order chi connectivity index (χ1) is 17.9. The Morgan fingerprint density at radius 3 is 2.59 bits per heavy atom. The van der Waals surface area contributed by atoms with Crippen LogP contribution in [0.5, 0.6) is 17.2 Å². The first-order valence-electron chi connectivity index (χ1n) is 11.9. The number of carbonyl (C=O) groups is 1. The van der Waals surface area contributed by atoms with Crippen molar-refractivity contribution < 1.29 is 24.1 Å². The number of rotatable bonds is 9. The van der Waals surface area contributed by atoms with Gasteiger partial charge in [0.25, 0.3) is 5.56 Å². The molecule has 1 aliphatic rings. The van der Waals surface area contributed by atoms with Crippen LogP contribution in [0, 0.1) is 0 Å². The molecule has 0 fully saturated rings. The van der Waals surface area contributed by atoms with Gasteiger partial charge < -0.3 is 19.3 Å². The third-order valence-electron chi connectivity index (χ3n) is 5.66.